The number of likely N-dealkylation sites (N-methyl/N-ethyl adjacent to an activating group) is 1. The molecule has 0 bridgehead atoms. The molecule has 4 heteroatoms. The maximum atomic E-state index is 4.10. The Hall–Kier alpha value is -0.970. The second-order valence-corrected chi connectivity index (χ2v) is 4.74. The fraction of sp³-hybridized carbons (Fsp3) is 0.615. The highest BCUT2D eigenvalue weighted by Crippen LogP contribution is 2.00. The molecular formula is C13H22N4. The van der Waals surface area contributed by atoms with Gasteiger partial charge in [0.1, 0.15) is 0 Å². The van der Waals surface area contributed by atoms with Crippen molar-refractivity contribution in [1.29, 1.82) is 0 Å². The Labute approximate surface area is 103 Å². The third-order valence-electron chi connectivity index (χ3n) is 3.18. The summed E-state index contributed by atoms with van der Waals surface area (Å²) in [6.45, 7) is 5.41. The molecule has 0 aromatic carbocycles. The maximum Gasteiger partial charge on any atom is 0.0312 e. The van der Waals surface area contributed by atoms with Crippen LogP contribution in [0.2, 0.25) is 0 Å². The van der Waals surface area contributed by atoms with Crippen molar-refractivity contribution in [2.45, 2.75) is 19.0 Å². The molecule has 0 amide bonds. The van der Waals surface area contributed by atoms with Crippen LogP contribution in [0.3, 0.4) is 0 Å². The fourth-order valence-electron chi connectivity index (χ4n) is 2.20. The zero-order valence-corrected chi connectivity index (χ0v) is 10.5. The molecule has 1 fully saturated rings. The van der Waals surface area contributed by atoms with E-state index in [1.54, 1.807) is 0 Å². The van der Waals surface area contributed by atoms with Gasteiger partial charge in [0.25, 0.3) is 0 Å². The minimum atomic E-state index is 0.634. The molecule has 0 saturated carbocycles. The van der Waals surface area contributed by atoms with E-state index in [2.05, 4.69) is 33.6 Å². The van der Waals surface area contributed by atoms with Crippen LogP contribution in [0.4, 0.5) is 0 Å². The molecule has 94 valence electrons. The lowest BCUT2D eigenvalue weighted by Crippen LogP contribution is -2.49. The van der Waals surface area contributed by atoms with Gasteiger partial charge in [0.2, 0.25) is 0 Å². The molecule has 0 aliphatic carbocycles. The van der Waals surface area contributed by atoms with Crippen LogP contribution in [-0.4, -0.2) is 49.2 Å². The van der Waals surface area contributed by atoms with Crippen LogP contribution in [0.25, 0.3) is 0 Å². The predicted molar refractivity (Wildman–Crippen MR) is 69.8 cm³/mol. The van der Waals surface area contributed by atoms with Crippen molar-refractivity contribution < 1.29 is 0 Å². The van der Waals surface area contributed by atoms with E-state index in [1.807, 2.05) is 18.5 Å². The van der Waals surface area contributed by atoms with Gasteiger partial charge in [-0.3, -0.25) is 4.98 Å². The Morgan fingerprint density at radius 3 is 3.29 bits per heavy atom. The largest absolute Gasteiger partial charge is 0.313 e. The molecule has 2 N–H and O–H groups in total. The Morgan fingerprint density at radius 2 is 2.53 bits per heavy atom. The summed E-state index contributed by atoms with van der Waals surface area (Å²) in [6.07, 6.45) is 4.91. The lowest BCUT2D eigenvalue weighted by atomic mass is 10.1. The van der Waals surface area contributed by atoms with Crippen LogP contribution in [0.15, 0.2) is 24.5 Å². The lowest BCUT2D eigenvalue weighted by molar-refractivity contribution is 0.231. The van der Waals surface area contributed by atoms with E-state index in [9.17, 15) is 0 Å². The van der Waals surface area contributed by atoms with Crippen LogP contribution in [0, 0.1) is 0 Å². The summed E-state index contributed by atoms with van der Waals surface area (Å²) in [5.41, 5.74) is 1.25. The van der Waals surface area contributed by atoms with Crippen LogP contribution >= 0.6 is 0 Å². The number of nitrogens with zero attached hydrogens (tertiary/aromatic N) is 2. The van der Waals surface area contributed by atoms with Gasteiger partial charge in [-0.2, -0.15) is 0 Å². The zero-order valence-electron chi connectivity index (χ0n) is 10.5. The van der Waals surface area contributed by atoms with Crippen LogP contribution in [0.1, 0.15) is 12.0 Å². The first kappa shape index (κ1) is 12.5. The molecule has 2 heterocycles. The Balaban J connectivity index is 1.60. The lowest BCUT2D eigenvalue weighted by Gasteiger charge is -2.30. The first-order valence-electron chi connectivity index (χ1n) is 6.36. The number of aromatic nitrogens is 1. The smallest absolute Gasteiger partial charge is 0.0312 e. The van der Waals surface area contributed by atoms with Crippen LogP contribution in [-0.2, 0) is 6.54 Å². The summed E-state index contributed by atoms with van der Waals surface area (Å²) >= 11 is 0. The van der Waals surface area contributed by atoms with Gasteiger partial charge < -0.3 is 15.5 Å². The molecule has 1 saturated heterocycles. The number of hydrogen-bond acceptors (Lipinski definition) is 4. The van der Waals surface area contributed by atoms with Gasteiger partial charge in [0, 0.05) is 44.6 Å². The highest BCUT2D eigenvalue weighted by atomic mass is 15.2. The quantitative estimate of drug-likeness (QED) is 0.726. The van der Waals surface area contributed by atoms with Crippen molar-refractivity contribution in [2.75, 3.05) is 33.2 Å². The minimum absolute atomic E-state index is 0.634. The third kappa shape index (κ3) is 4.42. The van der Waals surface area contributed by atoms with Crippen molar-refractivity contribution in [3.8, 4) is 0 Å². The van der Waals surface area contributed by atoms with E-state index >= 15 is 0 Å². The first-order chi connectivity index (χ1) is 8.34. The fourth-order valence-corrected chi connectivity index (χ4v) is 2.20. The van der Waals surface area contributed by atoms with Crippen LogP contribution in [0.5, 0.6) is 0 Å². The summed E-state index contributed by atoms with van der Waals surface area (Å²) in [5.74, 6) is 0. The number of piperazine rings is 1. The molecule has 17 heavy (non-hydrogen) atoms. The van der Waals surface area contributed by atoms with Crippen molar-refractivity contribution >= 4 is 0 Å². The van der Waals surface area contributed by atoms with Gasteiger partial charge in [-0.05, 0) is 31.6 Å². The molecule has 1 unspecified atom stereocenters. The summed E-state index contributed by atoms with van der Waals surface area (Å²) in [6, 6.07) is 4.72. The number of rotatable bonds is 5. The van der Waals surface area contributed by atoms with Crippen molar-refractivity contribution in [3.63, 3.8) is 0 Å². The molecule has 1 aliphatic heterocycles. The molecule has 1 aliphatic rings. The third-order valence-corrected chi connectivity index (χ3v) is 3.18. The summed E-state index contributed by atoms with van der Waals surface area (Å²) in [4.78, 5) is 6.50. The van der Waals surface area contributed by atoms with E-state index in [4.69, 9.17) is 0 Å². The van der Waals surface area contributed by atoms with Gasteiger partial charge >= 0.3 is 0 Å². The normalized spacial score (nSPS) is 21.6. The SMILES string of the molecule is CN1CCNC(CCNCc2cccnc2)C1. The highest BCUT2D eigenvalue weighted by molar-refractivity contribution is 5.07. The average molecular weight is 234 g/mol. The predicted octanol–water partition coefficient (Wildman–Crippen LogP) is 0.465. The number of hydrogen-bond donors (Lipinski definition) is 2. The van der Waals surface area contributed by atoms with Crippen molar-refractivity contribution in [1.82, 2.24) is 20.5 Å². The molecule has 0 radical (unpaired) electrons. The topological polar surface area (TPSA) is 40.2 Å². The standard InChI is InChI=1S/C13H22N4/c1-17-8-7-16-13(11-17)4-6-15-10-12-3-2-5-14-9-12/h2-3,5,9,13,15-16H,4,6-8,10-11H2,1H3. The van der Waals surface area contributed by atoms with Gasteiger partial charge in [-0.1, -0.05) is 6.07 Å². The monoisotopic (exact) mass is 234 g/mol. The molecule has 1 aromatic rings. The average Bonchev–Trinajstić information content (AvgIpc) is 2.36. The summed E-state index contributed by atoms with van der Waals surface area (Å²) in [5, 5.41) is 7.02. The zero-order chi connectivity index (χ0) is 11.9. The van der Waals surface area contributed by atoms with E-state index in [0.717, 1.165) is 26.2 Å². The summed E-state index contributed by atoms with van der Waals surface area (Å²) < 4.78 is 0. The van der Waals surface area contributed by atoms with E-state index in [-0.39, 0.29) is 0 Å². The van der Waals surface area contributed by atoms with E-state index < -0.39 is 0 Å². The van der Waals surface area contributed by atoms with Gasteiger partial charge in [-0.15, -0.1) is 0 Å². The molecule has 1 aromatic heterocycles. The van der Waals surface area contributed by atoms with Gasteiger partial charge in [0.05, 0.1) is 0 Å². The second kappa shape index (κ2) is 6.69. The van der Waals surface area contributed by atoms with E-state index in [1.165, 1.54) is 18.5 Å². The first-order valence-corrected chi connectivity index (χ1v) is 6.36. The van der Waals surface area contributed by atoms with Gasteiger partial charge in [0.15, 0.2) is 0 Å². The second-order valence-electron chi connectivity index (χ2n) is 4.74. The molecule has 4 nitrogen and oxygen atoms in total. The van der Waals surface area contributed by atoms with Crippen LogP contribution < -0.4 is 10.6 Å². The van der Waals surface area contributed by atoms with Gasteiger partial charge in [-0.25, -0.2) is 0 Å². The Kier molecular flexibility index (Phi) is 4.91. The summed E-state index contributed by atoms with van der Waals surface area (Å²) in [7, 11) is 2.19. The maximum absolute atomic E-state index is 4.10. The van der Waals surface area contributed by atoms with E-state index in [0.29, 0.717) is 6.04 Å². The molecular weight excluding hydrogens is 212 g/mol. The molecule has 2 rings (SSSR count). The van der Waals surface area contributed by atoms with Crippen molar-refractivity contribution in [3.05, 3.63) is 30.1 Å². The number of nitrogens with one attached hydrogen (secondary N) is 2. The Morgan fingerprint density at radius 1 is 1.59 bits per heavy atom. The molecule has 0 spiro atoms. The Bertz CT molecular complexity index is 314. The highest BCUT2D eigenvalue weighted by Gasteiger charge is 2.15. The molecule has 1 atom stereocenters. The van der Waals surface area contributed by atoms with Crippen molar-refractivity contribution in [2.24, 2.45) is 0 Å². The minimum Gasteiger partial charge on any atom is -0.313 e. The number of pyridine rings is 1.